The molecule has 5 nitrogen and oxygen atoms in total. The van der Waals surface area contributed by atoms with Crippen molar-refractivity contribution in [3.8, 4) is 11.3 Å². The normalized spacial score (nSPS) is 11.6. The van der Waals surface area contributed by atoms with E-state index in [4.69, 9.17) is 9.31 Å². The van der Waals surface area contributed by atoms with Gasteiger partial charge in [-0.2, -0.15) is 0 Å². The van der Waals surface area contributed by atoms with E-state index in [1.165, 1.54) is 47.9 Å². The van der Waals surface area contributed by atoms with Crippen LogP contribution in [0.3, 0.4) is 0 Å². The van der Waals surface area contributed by atoms with Crippen molar-refractivity contribution < 1.29 is 18.4 Å². The summed E-state index contributed by atoms with van der Waals surface area (Å²) in [5.41, 5.74) is 5.11. The summed E-state index contributed by atoms with van der Waals surface area (Å²) in [6.07, 6.45) is 9.51. The highest BCUT2D eigenvalue weighted by atomic mass is 31.1. The third-order valence-electron chi connectivity index (χ3n) is 5.49. The quantitative estimate of drug-likeness (QED) is 0.204. The second-order valence-corrected chi connectivity index (χ2v) is 8.70. The van der Waals surface area contributed by atoms with Crippen LogP contribution >= 0.6 is 8.25 Å². The summed E-state index contributed by atoms with van der Waals surface area (Å²) in [6.45, 7) is 1.74. The van der Waals surface area contributed by atoms with Crippen molar-refractivity contribution in [3.05, 3.63) is 83.6 Å². The highest BCUT2D eigenvalue weighted by Gasteiger charge is 2.11. The molecule has 0 amide bonds. The minimum Gasteiger partial charge on any atom is -0.464 e. The van der Waals surface area contributed by atoms with Gasteiger partial charge in [-0.15, -0.1) is 9.42 Å². The third kappa shape index (κ3) is 8.68. The first-order chi connectivity index (χ1) is 15.7. The minimum absolute atomic E-state index is 0.278. The predicted octanol–water partition coefficient (Wildman–Crippen LogP) is 6.44. The van der Waals surface area contributed by atoms with Crippen LogP contribution in [0.1, 0.15) is 48.8 Å². The Morgan fingerprint density at radius 2 is 1.69 bits per heavy atom. The Morgan fingerprint density at radius 3 is 2.44 bits per heavy atom. The van der Waals surface area contributed by atoms with Crippen LogP contribution in [0.5, 0.6) is 0 Å². The van der Waals surface area contributed by atoms with E-state index in [-0.39, 0.29) is 6.61 Å². The second-order valence-electron chi connectivity index (χ2n) is 7.97. The van der Waals surface area contributed by atoms with Crippen molar-refractivity contribution in [1.82, 2.24) is 5.32 Å². The average molecular weight is 455 g/mol. The van der Waals surface area contributed by atoms with Gasteiger partial charge in [0.25, 0.3) is 0 Å². The van der Waals surface area contributed by atoms with E-state index < -0.39 is 8.25 Å². The molecular weight excluding hydrogens is 421 g/mol. The van der Waals surface area contributed by atoms with Gasteiger partial charge in [-0.05, 0) is 73.5 Å². The first-order valence-electron chi connectivity index (χ1n) is 11.4. The first kappa shape index (κ1) is 24.3. The monoisotopic (exact) mass is 454 g/mol. The maximum Gasteiger partial charge on any atom is 0.694 e. The zero-order valence-electron chi connectivity index (χ0n) is 18.5. The van der Waals surface area contributed by atoms with Crippen LogP contribution in [0.4, 0.5) is 0 Å². The van der Waals surface area contributed by atoms with Crippen molar-refractivity contribution in [2.75, 3.05) is 13.2 Å². The van der Waals surface area contributed by atoms with E-state index in [0.717, 1.165) is 31.7 Å². The Labute approximate surface area is 191 Å². The number of benzene rings is 2. The molecule has 2 aromatic carbocycles. The number of aryl methyl sites for hydroxylation is 2. The lowest BCUT2D eigenvalue weighted by Crippen LogP contribution is -2.16. The molecule has 6 heteroatoms. The van der Waals surface area contributed by atoms with Crippen LogP contribution in [0, 0.1) is 0 Å². The van der Waals surface area contributed by atoms with Crippen molar-refractivity contribution in [1.29, 1.82) is 0 Å². The fourth-order valence-corrected chi connectivity index (χ4v) is 4.11. The third-order valence-corrected chi connectivity index (χ3v) is 5.90. The largest absolute Gasteiger partial charge is 0.694 e. The van der Waals surface area contributed by atoms with Crippen LogP contribution in [0.25, 0.3) is 11.3 Å². The van der Waals surface area contributed by atoms with Crippen LogP contribution < -0.4 is 5.32 Å². The number of furan rings is 1. The zero-order valence-corrected chi connectivity index (χ0v) is 19.4. The van der Waals surface area contributed by atoms with Gasteiger partial charge in [0.2, 0.25) is 0 Å². The molecule has 0 radical (unpaired) electrons. The van der Waals surface area contributed by atoms with E-state index >= 15 is 0 Å². The van der Waals surface area contributed by atoms with Crippen LogP contribution in [-0.4, -0.2) is 18.0 Å². The van der Waals surface area contributed by atoms with Gasteiger partial charge in [0.05, 0.1) is 6.26 Å². The number of hydrogen-bond acceptors (Lipinski definition) is 4. The van der Waals surface area contributed by atoms with Crippen molar-refractivity contribution in [2.45, 2.75) is 51.5 Å². The van der Waals surface area contributed by atoms with Crippen LogP contribution in [-0.2, 0) is 28.5 Å². The van der Waals surface area contributed by atoms with E-state index in [1.807, 2.05) is 12.1 Å². The number of nitrogens with one attached hydrogen (secondary N) is 1. The fraction of sp³-hybridized carbons (Fsp3) is 0.385. The molecule has 1 unspecified atom stereocenters. The Kier molecular flexibility index (Phi) is 10.6. The van der Waals surface area contributed by atoms with Crippen molar-refractivity contribution in [2.24, 2.45) is 0 Å². The topological polar surface area (TPSA) is 71.7 Å². The zero-order chi connectivity index (χ0) is 22.4. The molecular formula is C26H33NO4P+. The molecule has 1 atom stereocenters. The molecule has 1 heterocycles. The molecule has 0 saturated heterocycles. The maximum absolute atomic E-state index is 10.5. The molecule has 0 aliphatic rings. The van der Waals surface area contributed by atoms with Gasteiger partial charge in [0.1, 0.15) is 12.4 Å². The smallest absolute Gasteiger partial charge is 0.464 e. The van der Waals surface area contributed by atoms with E-state index in [0.29, 0.717) is 6.42 Å². The molecule has 0 bridgehead atoms. The number of rotatable bonds is 15. The van der Waals surface area contributed by atoms with Gasteiger partial charge >= 0.3 is 8.25 Å². The first-order valence-corrected chi connectivity index (χ1v) is 12.5. The molecule has 0 aliphatic heterocycles. The highest BCUT2D eigenvalue weighted by Crippen LogP contribution is 2.27. The lowest BCUT2D eigenvalue weighted by atomic mass is 9.96. The molecule has 32 heavy (non-hydrogen) atoms. The SMILES string of the molecule is O=[P+](O)OCCCNCc1ccc(CCCCCCc2ccccc2)c(-c2ccco2)c1. The number of hydrogen-bond donors (Lipinski definition) is 2. The Hall–Kier alpha value is -2.30. The summed E-state index contributed by atoms with van der Waals surface area (Å²) in [6, 6.07) is 21.2. The summed E-state index contributed by atoms with van der Waals surface area (Å²) in [5.74, 6) is 0.908. The molecule has 1 aromatic heterocycles. The maximum atomic E-state index is 10.5. The minimum atomic E-state index is -2.50. The summed E-state index contributed by atoms with van der Waals surface area (Å²) < 4.78 is 20.9. The second kappa shape index (κ2) is 14.0. The van der Waals surface area contributed by atoms with Gasteiger partial charge in [-0.3, -0.25) is 0 Å². The number of unbranched alkanes of at least 4 members (excludes halogenated alkanes) is 3. The lowest BCUT2D eigenvalue weighted by molar-refractivity contribution is 0.276. The van der Waals surface area contributed by atoms with Gasteiger partial charge < -0.3 is 9.73 Å². The summed E-state index contributed by atoms with van der Waals surface area (Å²) >= 11 is 0. The van der Waals surface area contributed by atoms with E-state index in [9.17, 15) is 4.57 Å². The van der Waals surface area contributed by atoms with Crippen LogP contribution in [0.15, 0.2) is 71.3 Å². The Balaban J connectivity index is 1.45. The van der Waals surface area contributed by atoms with Gasteiger partial charge in [0, 0.05) is 16.7 Å². The van der Waals surface area contributed by atoms with Crippen LogP contribution in [0.2, 0.25) is 0 Å². The molecule has 0 spiro atoms. The molecule has 3 aromatic rings. The van der Waals surface area contributed by atoms with E-state index in [1.54, 1.807) is 6.26 Å². The van der Waals surface area contributed by atoms with Gasteiger partial charge in [-0.25, -0.2) is 0 Å². The standard InChI is InChI=1S/C26H32NO4P/c28-32(29)31-19-9-17-27-21-23-15-16-24(25(20-23)26-14-8-18-30-26)13-7-2-1-4-10-22-11-5-3-6-12-22/h3,5-6,8,11-12,14-16,18,20,27H,1-2,4,7,9-10,13,17,19,21H2/p+1. The Morgan fingerprint density at radius 1 is 0.875 bits per heavy atom. The molecule has 0 fully saturated rings. The average Bonchev–Trinajstić information content (AvgIpc) is 3.34. The van der Waals surface area contributed by atoms with E-state index in [2.05, 4.69) is 58.4 Å². The summed E-state index contributed by atoms with van der Waals surface area (Å²) in [7, 11) is -2.50. The molecule has 170 valence electrons. The fourth-order valence-electron chi connectivity index (χ4n) is 3.83. The summed E-state index contributed by atoms with van der Waals surface area (Å²) in [5, 5.41) is 3.36. The molecule has 3 rings (SSSR count). The lowest BCUT2D eigenvalue weighted by Gasteiger charge is -2.11. The molecule has 0 saturated carbocycles. The molecule has 2 N–H and O–H groups in total. The summed E-state index contributed by atoms with van der Waals surface area (Å²) in [4.78, 5) is 8.64. The van der Waals surface area contributed by atoms with Gasteiger partial charge in [-0.1, -0.05) is 55.3 Å². The van der Waals surface area contributed by atoms with Crippen molar-refractivity contribution in [3.63, 3.8) is 0 Å². The highest BCUT2D eigenvalue weighted by molar-refractivity contribution is 7.32. The molecule has 0 aliphatic carbocycles. The van der Waals surface area contributed by atoms with Gasteiger partial charge in [0.15, 0.2) is 0 Å². The predicted molar refractivity (Wildman–Crippen MR) is 129 cm³/mol. The Bertz CT molecular complexity index is 928. The van der Waals surface area contributed by atoms with Crippen molar-refractivity contribution >= 4 is 8.25 Å².